The highest BCUT2D eigenvalue weighted by Gasteiger charge is 2.62. The van der Waals surface area contributed by atoms with Crippen LogP contribution in [0.3, 0.4) is 0 Å². The summed E-state index contributed by atoms with van der Waals surface area (Å²) >= 11 is 0. The molecule has 3 atom stereocenters. The average molecular weight is 349 g/mol. The number of esters is 2. The van der Waals surface area contributed by atoms with Gasteiger partial charge in [-0.05, 0) is 26.3 Å². The summed E-state index contributed by atoms with van der Waals surface area (Å²) in [6, 6.07) is 8.50. The minimum Gasteiger partial charge on any atom is -0.469 e. The van der Waals surface area contributed by atoms with Crippen LogP contribution in [-0.2, 0) is 30.4 Å². The van der Waals surface area contributed by atoms with Crippen LogP contribution in [0.15, 0.2) is 30.3 Å². The number of alkyl carbamates (subject to hydrolysis) is 1. The summed E-state index contributed by atoms with van der Waals surface area (Å²) in [5.74, 6) is -2.66. The average Bonchev–Trinajstić information content (AvgIpc) is 3.24. The molecule has 1 fully saturated rings. The highest BCUT2D eigenvalue weighted by atomic mass is 16.6. The second-order valence-corrected chi connectivity index (χ2v) is 6.84. The molecule has 0 spiro atoms. The number of benzene rings is 1. The number of carbonyl (C=O) groups is 3. The molecule has 1 amide bonds. The van der Waals surface area contributed by atoms with Gasteiger partial charge in [0, 0.05) is 0 Å². The Hall–Kier alpha value is -2.57. The maximum atomic E-state index is 12.3. The molecular formula is C18H23NO6. The molecule has 1 aliphatic carbocycles. The smallest absolute Gasteiger partial charge is 0.407 e. The normalized spacial score (nSPS) is 21.8. The summed E-state index contributed by atoms with van der Waals surface area (Å²) in [4.78, 5) is 36.0. The van der Waals surface area contributed by atoms with E-state index < -0.39 is 41.5 Å². The summed E-state index contributed by atoms with van der Waals surface area (Å²) in [5.41, 5.74) is 0.158. The molecule has 0 aromatic heterocycles. The Morgan fingerprint density at radius 1 is 1.04 bits per heavy atom. The van der Waals surface area contributed by atoms with Crippen molar-refractivity contribution in [2.75, 3.05) is 7.11 Å². The third-order valence-electron chi connectivity index (χ3n) is 3.67. The Bertz CT molecular complexity index is 637. The van der Waals surface area contributed by atoms with Crippen LogP contribution in [0, 0.1) is 11.8 Å². The lowest BCUT2D eigenvalue weighted by molar-refractivity contribution is -0.150. The van der Waals surface area contributed by atoms with Gasteiger partial charge in [-0.3, -0.25) is 9.59 Å². The molecule has 0 unspecified atom stereocenters. The van der Waals surface area contributed by atoms with Gasteiger partial charge in [0.15, 0.2) is 0 Å². The van der Waals surface area contributed by atoms with Crippen molar-refractivity contribution in [3.8, 4) is 0 Å². The highest BCUT2D eigenvalue weighted by Crippen LogP contribution is 2.41. The largest absolute Gasteiger partial charge is 0.469 e. The Morgan fingerprint density at radius 3 is 2.20 bits per heavy atom. The van der Waals surface area contributed by atoms with E-state index in [1.807, 2.05) is 30.3 Å². The van der Waals surface area contributed by atoms with Crippen LogP contribution < -0.4 is 5.32 Å². The molecule has 1 saturated carbocycles. The summed E-state index contributed by atoms with van der Waals surface area (Å²) in [5, 5.41) is 2.54. The van der Waals surface area contributed by atoms with Gasteiger partial charge >= 0.3 is 18.0 Å². The number of hydrogen-bond donors (Lipinski definition) is 1. The van der Waals surface area contributed by atoms with Gasteiger partial charge in [-0.15, -0.1) is 0 Å². The van der Waals surface area contributed by atoms with Gasteiger partial charge in [0.2, 0.25) is 0 Å². The van der Waals surface area contributed by atoms with Crippen molar-refractivity contribution in [2.24, 2.45) is 11.8 Å². The second kappa shape index (κ2) is 7.55. The lowest BCUT2D eigenvalue weighted by Crippen LogP contribution is -2.35. The standard InChI is InChI=1S/C18H23NO6/c1-18(2,3)25-17(22)19-14-12(15(20)23-4)13(14)16(21)24-10-11-8-6-5-7-9-11/h5-9,12-14H,10H2,1-4H3,(H,19,22)/t12-,13-,14-/m1/s1. The van der Waals surface area contributed by atoms with Crippen LogP contribution in [0.4, 0.5) is 4.79 Å². The molecule has 0 aliphatic heterocycles. The number of methoxy groups -OCH3 is 1. The van der Waals surface area contributed by atoms with E-state index in [1.54, 1.807) is 20.8 Å². The maximum Gasteiger partial charge on any atom is 0.407 e. The van der Waals surface area contributed by atoms with E-state index in [2.05, 4.69) is 5.32 Å². The second-order valence-electron chi connectivity index (χ2n) is 6.84. The zero-order chi connectivity index (χ0) is 18.6. The van der Waals surface area contributed by atoms with E-state index in [9.17, 15) is 14.4 Å². The van der Waals surface area contributed by atoms with Crippen LogP contribution in [0.5, 0.6) is 0 Å². The molecule has 1 aromatic rings. The van der Waals surface area contributed by atoms with Crippen LogP contribution >= 0.6 is 0 Å². The van der Waals surface area contributed by atoms with E-state index in [1.165, 1.54) is 7.11 Å². The molecule has 0 heterocycles. The van der Waals surface area contributed by atoms with Crippen LogP contribution in [0.1, 0.15) is 26.3 Å². The van der Waals surface area contributed by atoms with Gasteiger partial charge < -0.3 is 19.5 Å². The van der Waals surface area contributed by atoms with Gasteiger partial charge in [0.1, 0.15) is 12.2 Å². The summed E-state index contributed by atoms with van der Waals surface area (Å²) < 4.78 is 15.1. The first-order valence-electron chi connectivity index (χ1n) is 8.01. The molecular weight excluding hydrogens is 326 g/mol. The fourth-order valence-electron chi connectivity index (χ4n) is 2.48. The quantitative estimate of drug-likeness (QED) is 0.646. The van der Waals surface area contributed by atoms with E-state index >= 15 is 0 Å². The van der Waals surface area contributed by atoms with E-state index in [0.717, 1.165) is 5.56 Å². The van der Waals surface area contributed by atoms with Gasteiger partial charge in [-0.1, -0.05) is 30.3 Å². The molecule has 1 N–H and O–H groups in total. The monoisotopic (exact) mass is 349 g/mol. The van der Waals surface area contributed by atoms with E-state index in [-0.39, 0.29) is 6.61 Å². The van der Waals surface area contributed by atoms with E-state index in [4.69, 9.17) is 14.2 Å². The van der Waals surface area contributed by atoms with Crippen molar-refractivity contribution in [1.29, 1.82) is 0 Å². The zero-order valence-corrected chi connectivity index (χ0v) is 14.8. The topological polar surface area (TPSA) is 90.9 Å². The molecule has 0 saturated heterocycles. The Morgan fingerprint density at radius 2 is 1.64 bits per heavy atom. The molecule has 0 radical (unpaired) electrons. The van der Waals surface area contributed by atoms with Crippen molar-refractivity contribution in [1.82, 2.24) is 5.32 Å². The molecule has 1 aromatic carbocycles. The summed E-state index contributed by atoms with van der Waals surface area (Å²) in [6.07, 6.45) is -0.690. The van der Waals surface area contributed by atoms with Gasteiger partial charge in [-0.2, -0.15) is 0 Å². The summed E-state index contributed by atoms with van der Waals surface area (Å²) in [6.45, 7) is 5.28. The van der Waals surface area contributed by atoms with Crippen molar-refractivity contribution >= 4 is 18.0 Å². The highest BCUT2D eigenvalue weighted by molar-refractivity contribution is 5.90. The number of carbonyl (C=O) groups excluding carboxylic acids is 3. The fourth-order valence-corrected chi connectivity index (χ4v) is 2.48. The molecule has 7 heteroatoms. The number of nitrogens with one attached hydrogen (secondary N) is 1. The van der Waals surface area contributed by atoms with Crippen molar-refractivity contribution in [2.45, 2.75) is 39.0 Å². The number of ether oxygens (including phenoxy) is 3. The Balaban J connectivity index is 1.95. The third kappa shape index (κ3) is 5.20. The van der Waals surface area contributed by atoms with Crippen molar-refractivity contribution in [3.63, 3.8) is 0 Å². The van der Waals surface area contributed by atoms with Crippen molar-refractivity contribution < 1.29 is 28.6 Å². The number of amides is 1. The third-order valence-corrected chi connectivity index (χ3v) is 3.67. The van der Waals surface area contributed by atoms with Crippen molar-refractivity contribution in [3.05, 3.63) is 35.9 Å². The van der Waals surface area contributed by atoms with Gasteiger partial charge in [-0.25, -0.2) is 4.79 Å². The molecule has 0 bridgehead atoms. The predicted octanol–water partition coefficient (Wildman–Crippen LogP) is 2.04. The van der Waals surface area contributed by atoms with E-state index in [0.29, 0.717) is 0 Å². The minimum absolute atomic E-state index is 0.100. The number of rotatable bonds is 5. The first kappa shape index (κ1) is 18.8. The van der Waals surface area contributed by atoms with Crippen LogP contribution in [-0.4, -0.2) is 36.8 Å². The Labute approximate surface area is 146 Å². The molecule has 25 heavy (non-hydrogen) atoms. The molecule has 1 aliphatic rings. The number of hydrogen-bond acceptors (Lipinski definition) is 6. The maximum absolute atomic E-state index is 12.3. The molecule has 7 nitrogen and oxygen atoms in total. The molecule has 2 rings (SSSR count). The summed E-state index contributed by atoms with van der Waals surface area (Å²) in [7, 11) is 1.23. The minimum atomic E-state index is -0.774. The zero-order valence-electron chi connectivity index (χ0n) is 14.8. The van der Waals surface area contributed by atoms with Crippen LogP contribution in [0.25, 0.3) is 0 Å². The lowest BCUT2D eigenvalue weighted by atomic mass is 10.2. The van der Waals surface area contributed by atoms with Gasteiger partial charge in [0.25, 0.3) is 0 Å². The van der Waals surface area contributed by atoms with Gasteiger partial charge in [0.05, 0.1) is 25.0 Å². The Kier molecular flexibility index (Phi) is 5.66. The first-order chi connectivity index (χ1) is 11.7. The fraction of sp³-hybridized carbons (Fsp3) is 0.500. The molecule has 136 valence electrons. The lowest BCUT2D eigenvalue weighted by Gasteiger charge is -2.19. The predicted molar refractivity (Wildman–Crippen MR) is 88.4 cm³/mol. The first-order valence-corrected chi connectivity index (χ1v) is 8.01. The SMILES string of the molecule is COC(=O)[C@H]1[C@@H](NC(=O)OC(C)(C)C)[C@@H]1C(=O)OCc1ccccc1. The van der Waals surface area contributed by atoms with Crippen LogP contribution in [0.2, 0.25) is 0 Å².